The van der Waals surface area contributed by atoms with E-state index < -0.39 is 0 Å². The molecular formula is C16H23ClFN3O. The molecule has 1 aliphatic carbocycles. The minimum absolute atomic E-state index is 0.294. The molecule has 0 radical (unpaired) electrons. The Morgan fingerprint density at radius 2 is 2.18 bits per heavy atom. The number of rotatable bonds is 4. The van der Waals surface area contributed by atoms with E-state index in [9.17, 15) is 4.39 Å². The molecule has 1 aromatic heterocycles. The van der Waals surface area contributed by atoms with Crippen LogP contribution in [0.25, 0.3) is 0 Å². The molecule has 0 aromatic carbocycles. The summed E-state index contributed by atoms with van der Waals surface area (Å²) in [5, 5.41) is 3.59. The monoisotopic (exact) mass is 327 g/mol. The molecule has 0 bridgehead atoms. The lowest BCUT2D eigenvalue weighted by Crippen LogP contribution is -2.41. The van der Waals surface area contributed by atoms with Crippen molar-refractivity contribution >= 4 is 17.4 Å². The second-order valence-electron chi connectivity index (χ2n) is 6.27. The van der Waals surface area contributed by atoms with Gasteiger partial charge in [0.15, 0.2) is 11.6 Å². The van der Waals surface area contributed by atoms with Gasteiger partial charge in [-0.1, -0.05) is 18.0 Å². The number of hydrogen-bond acceptors (Lipinski definition) is 4. The van der Waals surface area contributed by atoms with Gasteiger partial charge in [0.1, 0.15) is 0 Å². The molecule has 122 valence electrons. The highest BCUT2D eigenvalue weighted by atomic mass is 35.5. The van der Waals surface area contributed by atoms with E-state index in [0.29, 0.717) is 22.8 Å². The summed E-state index contributed by atoms with van der Waals surface area (Å²) in [6.45, 7) is 4.87. The molecule has 2 aliphatic rings. The lowest BCUT2D eigenvalue weighted by Gasteiger charge is -2.35. The standard InChI is InChI=1S/C16H23ClFN3O/c17-13-9-15(18)16(19-10-13)20-14-3-1-2-12(8-14)11-21-4-6-22-7-5-21/h9-10,12,14H,1-8,11H2,(H,19,20)/t12-,14-/m1/s1. The fraction of sp³-hybridized carbons (Fsp3) is 0.688. The van der Waals surface area contributed by atoms with Crippen LogP contribution in [0.3, 0.4) is 0 Å². The second kappa shape index (κ2) is 7.57. The molecule has 0 amide bonds. The minimum Gasteiger partial charge on any atom is -0.379 e. The Kier molecular flexibility index (Phi) is 5.50. The molecule has 22 heavy (non-hydrogen) atoms. The van der Waals surface area contributed by atoms with Crippen LogP contribution in [0.4, 0.5) is 10.2 Å². The number of ether oxygens (including phenoxy) is 1. The Morgan fingerprint density at radius 1 is 1.36 bits per heavy atom. The molecule has 1 saturated carbocycles. The molecule has 2 atom stereocenters. The number of pyridine rings is 1. The molecule has 1 aliphatic heterocycles. The maximum absolute atomic E-state index is 13.8. The summed E-state index contributed by atoms with van der Waals surface area (Å²) in [6, 6.07) is 1.60. The molecule has 4 nitrogen and oxygen atoms in total. The molecule has 2 fully saturated rings. The molecule has 0 unspecified atom stereocenters. The van der Waals surface area contributed by atoms with Crippen LogP contribution >= 0.6 is 11.6 Å². The van der Waals surface area contributed by atoms with Crippen LogP contribution in [0.1, 0.15) is 25.7 Å². The molecular weight excluding hydrogens is 305 g/mol. The van der Waals surface area contributed by atoms with Crippen molar-refractivity contribution in [2.45, 2.75) is 31.7 Å². The quantitative estimate of drug-likeness (QED) is 0.921. The molecule has 2 heterocycles. The Hall–Kier alpha value is -0.910. The zero-order valence-corrected chi connectivity index (χ0v) is 13.5. The Balaban J connectivity index is 1.53. The third-order valence-corrected chi connectivity index (χ3v) is 4.76. The summed E-state index contributed by atoms with van der Waals surface area (Å²) in [5.74, 6) is 0.615. The fourth-order valence-electron chi connectivity index (χ4n) is 3.45. The summed E-state index contributed by atoms with van der Waals surface area (Å²) in [5.41, 5.74) is 0. The number of aromatic nitrogens is 1. The number of anilines is 1. The number of morpholine rings is 1. The number of nitrogens with zero attached hydrogens (tertiary/aromatic N) is 2. The van der Waals surface area contributed by atoms with Crippen molar-refractivity contribution in [1.29, 1.82) is 0 Å². The van der Waals surface area contributed by atoms with Gasteiger partial charge < -0.3 is 10.1 Å². The Bertz CT molecular complexity index is 496. The molecule has 1 saturated heterocycles. The van der Waals surface area contributed by atoms with Crippen molar-refractivity contribution in [1.82, 2.24) is 9.88 Å². The predicted molar refractivity (Wildman–Crippen MR) is 85.8 cm³/mol. The first-order valence-electron chi connectivity index (χ1n) is 8.08. The molecule has 1 N–H and O–H groups in total. The Morgan fingerprint density at radius 3 is 2.95 bits per heavy atom. The van der Waals surface area contributed by atoms with E-state index in [1.165, 1.54) is 25.1 Å². The van der Waals surface area contributed by atoms with E-state index in [1.807, 2.05) is 0 Å². The highest BCUT2D eigenvalue weighted by Crippen LogP contribution is 2.28. The first-order valence-corrected chi connectivity index (χ1v) is 8.46. The Labute approximate surface area is 136 Å². The molecule has 3 rings (SSSR count). The van der Waals surface area contributed by atoms with Crippen molar-refractivity contribution in [3.63, 3.8) is 0 Å². The molecule has 0 spiro atoms. The van der Waals surface area contributed by atoms with E-state index >= 15 is 0 Å². The van der Waals surface area contributed by atoms with Gasteiger partial charge in [-0.05, 0) is 31.2 Å². The van der Waals surface area contributed by atoms with E-state index in [0.717, 1.165) is 45.7 Å². The topological polar surface area (TPSA) is 37.4 Å². The van der Waals surface area contributed by atoms with Gasteiger partial charge in [-0.2, -0.15) is 0 Å². The van der Waals surface area contributed by atoms with Crippen molar-refractivity contribution in [3.05, 3.63) is 23.1 Å². The zero-order chi connectivity index (χ0) is 15.4. The number of halogens is 2. The molecule has 1 aromatic rings. The molecule has 6 heteroatoms. The van der Waals surface area contributed by atoms with Crippen molar-refractivity contribution in [2.24, 2.45) is 5.92 Å². The lowest BCUT2D eigenvalue weighted by atomic mass is 9.85. The van der Waals surface area contributed by atoms with E-state index in [2.05, 4.69) is 15.2 Å². The normalized spacial score (nSPS) is 26.8. The highest BCUT2D eigenvalue weighted by molar-refractivity contribution is 6.30. The zero-order valence-electron chi connectivity index (χ0n) is 12.7. The van der Waals surface area contributed by atoms with E-state index in [1.54, 1.807) is 0 Å². The van der Waals surface area contributed by atoms with Gasteiger partial charge in [0.25, 0.3) is 0 Å². The van der Waals surface area contributed by atoms with Crippen LogP contribution in [-0.2, 0) is 4.74 Å². The largest absolute Gasteiger partial charge is 0.379 e. The van der Waals surface area contributed by atoms with Gasteiger partial charge in [0.2, 0.25) is 0 Å². The average molecular weight is 328 g/mol. The first kappa shape index (κ1) is 16.0. The number of nitrogens with one attached hydrogen (secondary N) is 1. The van der Waals surface area contributed by atoms with Crippen LogP contribution in [0.2, 0.25) is 5.02 Å². The summed E-state index contributed by atoms with van der Waals surface area (Å²) in [6.07, 6.45) is 6.07. The first-order chi connectivity index (χ1) is 10.7. The van der Waals surface area contributed by atoms with Gasteiger partial charge in [-0.3, -0.25) is 4.90 Å². The van der Waals surface area contributed by atoms with E-state index in [4.69, 9.17) is 16.3 Å². The summed E-state index contributed by atoms with van der Waals surface area (Å²) in [7, 11) is 0. The van der Waals surface area contributed by atoms with Crippen LogP contribution < -0.4 is 5.32 Å². The summed E-state index contributed by atoms with van der Waals surface area (Å²) < 4.78 is 19.2. The second-order valence-corrected chi connectivity index (χ2v) is 6.71. The van der Waals surface area contributed by atoms with Crippen LogP contribution in [0.5, 0.6) is 0 Å². The van der Waals surface area contributed by atoms with Gasteiger partial charge in [0.05, 0.1) is 18.2 Å². The average Bonchev–Trinajstić information content (AvgIpc) is 2.52. The van der Waals surface area contributed by atoms with Gasteiger partial charge in [0, 0.05) is 31.9 Å². The van der Waals surface area contributed by atoms with Crippen molar-refractivity contribution < 1.29 is 9.13 Å². The smallest absolute Gasteiger partial charge is 0.166 e. The summed E-state index contributed by atoms with van der Waals surface area (Å²) in [4.78, 5) is 6.55. The van der Waals surface area contributed by atoms with Gasteiger partial charge in [-0.15, -0.1) is 0 Å². The fourth-order valence-corrected chi connectivity index (χ4v) is 3.60. The predicted octanol–water partition coefficient (Wildman–Crippen LogP) is 3.18. The maximum Gasteiger partial charge on any atom is 0.166 e. The third kappa shape index (κ3) is 4.31. The number of hydrogen-bond donors (Lipinski definition) is 1. The SMILES string of the molecule is Fc1cc(Cl)cnc1N[C@@H]1CCC[C@@H](CN2CCOCC2)C1. The van der Waals surface area contributed by atoms with Gasteiger partial charge in [-0.25, -0.2) is 9.37 Å². The maximum atomic E-state index is 13.8. The van der Waals surface area contributed by atoms with E-state index in [-0.39, 0.29) is 5.82 Å². The lowest BCUT2D eigenvalue weighted by molar-refractivity contribution is 0.0274. The van der Waals surface area contributed by atoms with Crippen LogP contribution in [0, 0.1) is 11.7 Å². The van der Waals surface area contributed by atoms with Crippen LogP contribution in [-0.4, -0.2) is 48.8 Å². The highest BCUT2D eigenvalue weighted by Gasteiger charge is 2.25. The van der Waals surface area contributed by atoms with Gasteiger partial charge >= 0.3 is 0 Å². The third-order valence-electron chi connectivity index (χ3n) is 4.55. The van der Waals surface area contributed by atoms with Crippen molar-refractivity contribution in [2.75, 3.05) is 38.2 Å². The summed E-state index contributed by atoms with van der Waals surface area (Å²) >= 11 is 5.75. The minimum atomic E-state index is -0.372. The van der Waals surface area contributed by atoms with Crippen LogP contribution in [0.15, 0.2) is 12.3 Å². The van der Waals surface area contributed by atoms with Crippen molar-refractivity contribution in [3.8, 4) is 0 Å².